The molecule has 4 N–H and O–H groups in total. The number of nitrogens with one attached hydrogen (secondary N) is 2. The van der Waals surface area contributed by atoms with Crippen LogP contribution in [-0.2, 0) is 16.1 Å². The van der Waals surface area contributed by atoms with Crippen molar-refractivity contribution in [2.24, 2.45) is 0 Å². The van der Waals surface area contributed by atoms with Crippen LogP contribution in [0.4, 0.5) is 0 Å². The summed E-state index contributed by atoms with van der Waals surface area (Å²) in [5.41, 5.74) is -0.125. The van der Waals surface area contributed by atoms with Crippen molar-refractivity contribution >= 4 is 5.91 Å². The summed E-state index contributed by atoms with van der Waals surface area (Å²) in [7, 11) is 0. The van der Waals surface area contributed by atoms with Crippen molar-refractivity contribution in [3.63, 3.8) is 0 Å². The van der Waals surface area contributed by atoms with E-state index in [2.05, 4.69) is 27.3 Å². The number of amides is 1. The molecule has 0 bridgehead atoms. The van der Waals surface area contributed by atoms with E-state index < -0.39 is 35.8 Å². The van der Waals surface area contributed by atoms with Crippen molar-refractivity contribution < 1.29 is 19.7 Å². The Morgan fingerprint density at radius 3 is 2.72 bits per heavy atom. The fourth-order valence-electron chi connectivity index (χ4n) is 4.07. The van der Waals surface area contributed by atoms with Gasteiger partial charge in [0, 0.05) is 44.0 Å². The molecule has 2 saturated heterocycles. The van der Waals surface area contributed by atoms with Crippen molar-refractivity contribution in [1.29, 1.82) is 0 Å². The van der Waals surface area contributed by atoms with Crippen LogP contribution in [0.3, 0.4) is 0 Å². The zero-order chi connectivity index (χ0) is 22.7. The normalized spacial score (nSPS) is 28.4. The third kappa shape index (κ3) is 5.05. The molecule has 0 saturated carbocycles. The lowest BCUT2D eigenvalue weighted by Crippen LogP contribution is -2.37. The molecule has 5 atom stereocenters. The van der Waals surface area contributed by atoms with Crippen LogP contribution in [0.2, 0.25) is 0 Å². The third-order valence-corrected chi connectivity index (χ3v) is 5.71. The fraction of sp³-hybridized carbons (Fsp3) is 0.409. The standard InChI is InChI=1S/C22H26N4O6/c27-17(23-15-8-10-25(13-15)12-14-4-2-1-3-5-14)7-6-16-19(29)20(30)21(32-16)26-11-9-18(28)24-22(26)31/h1-7,9,11,15-16,19-21,29-30H,8,10,12-13H2,(H,23,27)(H,24,28,31)/b7-6+/t15?,16-,19-,20-,21-/m1/s1. The average Bonchev–Trinajstić information content (AvgIpc) is 3.32. The van der Waals surface area contributed by atoms with E-state index in [1.807, 2.05) is 18.2 Å². The molecule has 1 aromatic heterocycles. The number of nitrogens with zero attached hydrogens (tertiary/aromatic N) is 2. The second-order valence-electron chi connectivity index (χ2n) is 8.06. The molecule has 2 aliphatic heterocycles. The number of aliphatic hydroxyl groups is 2. The molecule has 4 rings (SSSR count). The number of H-pyrrole nitrogens is 1. The summed E-state index contributed by atoms with van der Waals surface area (Å²) in [6.07, 6.45) is -0.276. The molecule has 2 fully saturated rings. The van der Waals surface area contributed by atoms with Gasteiger partial charge in [0.05, 0.1) is 0 Å². The van der Waals surface area contributed by atoms with Crippen LogP contribution < -0.4 is 16.6 Å². The summed E-state index contributed by atoms with van der Waals surface area (Å²) in [5, 5.41) is 23.4. The Morgan fingerprint density at radius 2 is 1.97 bits per heavy atom. The van der Waals surface area contributed by atoms with Crippen LogP contribution in [0.5, 0.6) is 0 Å². The highest BCUT2D eigenvalue weighted by atomic mass is 16.6. The van der Waals surface area contributed by atoms with Gasteiger partial charge in [0.1, 0.15) is 18.3 Å². The molecule has 32 heavy (non-hydrogen) atoms. The number of carbonyl (C=O) groups excluding carboxylic acids is 1. The first-order valence-corrected chi connectivity index (χ1v) is 10.5. The fourth-order valence-corrected chi connectivity index (χ4v) is 4.07. The van der Waals surface area contributed by atoms with Gasteiger partial charge < -0.3 is 20.3 Å². The minimum Gasteiger partial charge on any atom is -0.387 e. The van der Waals surface area contributed by atoms with Gasteiger partial charge >= 0.3 is 5.69 Å². The van der Waals surface area contributed by atoms with Crippen LogP contribution in [-0.4, -0.2) is 68.0 Å². The van der Waals surface area contributed by atoms with Gasteiger partial charge in [0.15, 0.2) is 6.23 Å². The summed E-state index contributed by atoms with van der Waals surface area (Å²) in [5.74, 6) is -0.327. The summed E-state index contributed by atoms with van der Waals surface area (Å²) in [4.78, 5) is 39.8. The molecule has 1 amide bonds. The second kappa shape index (κ2) is 9.61. The minimum atomic E-state index is -1.40. The van der Waals surface area contributed by atoms with Crippen molar-refractivity contribution in [1.82, 2.24) is 19.8 Å². The van der Waals surface area contributed by atoms with Gasteiger partial charge in [-0.25, -0.2) is 4.79 Å². The highest BCUT2D eigenvalue weighted by Crippen LogP contribution is 2.28. The topological polar surface area (TPSA) is 137 Å². The maximum atomic E-state index is 12.3. The summed E-state index contributed by atoms with van der Waals surface area (Å²) < 4.78 is 6.55. The van der Waals surface area contributed by atoms with Gasteiger partial charge in [-0.3, -0.25) is 24.0 Å². The smallest absolute Gasteiger partial charge is 0.330 e. The van der Waals surface area contributed by atoms with Crippen LogP contribution in [0.1, 0.15) is 18.2 Å². The number of rotatable bonds is 6. The van der Waals surface area contributed by atoms with Crippen LogP contribution in [0.15, 0.2) is 64.3 Å². The summed E-state index contributed by atoms with van der Waals surface area (Å²) >= 11 is 0. The second-order valence-corrected chi connectivity index (χ2v) is 8.06. The van der Waals surface area contributed by atoms with E-state index in [0.717, 1.165) is 36.7 Å². The zero-order valence-corrected chi connectivity index (χ0v) is 17.3. The number of hydrogen-bond donors (Lipinski definition) is 4. The lowest BCUT2D eigenvalue weighted by atomic mass is 10.1. The predicted octanol–water partition coefficient (Wildman–Crippen LogP) is -0.897. The monoisotopic (exact) mass is 442 g/mol. The molecule has 0 aliphatic carbocycles. The van der Waals surface area contributed by atoms with E-state index >= 15 is 0 Å². The number of carbonyl (C=O) groups is 1. The first kappa shape index (κ1) is 22.2. The van der Waals surface area contributed by atoms with E-state index in [1.54, 1.807) is 0 Å². The van der Waals surface area contributed by atoms with Gasteiger partial charge in [0.25, 0.3) is 5.56 Å². The minimum absolute atomic E-state index is 0.0170. The SMILES string of the molecule is O=C(/C=C/[C@H]1O[C@@H](n2ccc(=O)[nH]c2=O)[C@H](O)[C@@H]1O)NC1CCN(Cc2ccccc2)C1. The Hall–Kier alpha value is -3.05. The average molecular weight is 442 g/mol. The number of hydrogen-bond acceptors (Lipinski definition) is 7. The van der Waals surface area contributed by atoms with E-state index in [9.17, 15) is 24.6 Å². The lowest BCUT2D eigenvalue weighted by molar-refractivity contribution is -0.117. The molecule has 1 unspecified atom stereocenters. The molecule has 170 valence electrons. The molecule has 0 spiro atoms. The predicted molar refractivity (Wildman–Crippen MR) is 115 cm³/mol. The lowest BCUT2D eigenvalue weighted by Gasteiger charge is -2.16. The quantitative estimate of drug-likeness (QED) is 0.426. The first-order valence-electron chi connectivity index (χ1n) is 10.5. The van der Waals surface area contributed by atoms with E-state index in [1.165, 1.54) is 23.9 Å². The van der Waals surface area contributed by atoms with E-state index in [4.69, 9.17) is 4.74 Å². The molecule has 1 aromatic carbocycles. The van der Waals surface area contributed by atoms with Gasteiger partial charge in [-0.05, 0) is 18.1 Å². The zero-order valence-electron chi connectivity index (χ0n) is 17.3. The van der Waals surface area contributed by atoms with Crippen LogP contribution >= 0.6 is 0 Å². The van der Waals surface area contributed by atoms with E-state index in [-0.39, 0.29) is 11.9 Å². The Balaban J connectivity index is 1.30. The van der Waals surface area contributed by atoms with Crippen molar-refractivity contribution in [3.8, 4) is 0 Å². The molecule has 3 heterocycles. The largest absolute Gasteiger partial charge is 0.387 e. The molecule has 2 aromatic rings. The molecular weight excluding hydrogens is 416 g/mol. The van der Waals surface area contributed by atoms with E-state index in [0.29, 0.717) is 0 Å². The number of aromatic amines is 1. The van der Waals surface area contributed by atoms with Crippen molar-refractivity contribution in [3.05, 3.63) is 81.1 Å². The Kier molecular flexibility index (Phi) is 6.66. The maximum absolute atomic E-state index is 12.3. The van der Waals surface area contributed by atoms with Gasteiger partial charge in [0.2, 0.25) is 5.91 Å². The Morgan fingerprint density at radius 1 is 1.19 bits per heavy atom. The molecule has 10 nitrogen and oxygen atoms in total. The van der Waals surface area contributed by atoms with Gasteiger partial charge in [-0.15, -0.1) is 0 Å². The number of aromatic nitrogens is 2. The summed E-state index contributed by atoms with van der Waals surface area (Å²) in [6, 6.07) is 11.3. The van der Waals surface area contributed by atoms with Crippen LogP contribution in [0.25, 0.3) is 0 Å². The molecule has 10 heteroatoms. The Labute approximate surface area is 183 Å². The molecular formula is C22H26N4O6. The summed E-state index contributed by atoms with van der Waals surface area (Å²) in [6.45, 7) is 2.46. The molecule has 0 radical (unpaired) electrons. The first-order chi connectivity index (χ1) is 15.4. The third-order valence-electron chi connectivity index (χ3n) is 5.71. The van der Waals surface area contributed by atoms with Crippen molar-refractivity contribution in [2.75, 3.05) is 13.1 Å². The molecule has 2 aliphatic rings. The van der Waals surface area contributed by atoms with Crippen LogP contribution in [0, 0.1) is 0 Å². The highest BCUT2D eigenvalue weighted by Gasteiger charge is 2.43. The number of likely N-dealkylation sites (tertiary alicyclic amines) is 1. The number of benzene rings is 1. The Bertz CT molecular complexity index is 1080. The van der Waals surface area contributed by atoms with Gasteiger partial charge in [-0.1, -0.05) is 30.3 Å². The number of ether oxygens (including phenoxy) is 1. The maximum Gasteiger partial charge on any atom is 0.330 e. The van der Waals surface area contributed by atoms with Crippen molar-refractivity contribution in [2.45, 2.75) is 43.5 Å². The van der Waals surface area contributed by atoms with Gasteiger partial charge in [-0.2, -0.15) is 0 Å². The highest BCUT2D eigenvalue weighted by molar-refractivity contribution is 5.87. The number of aliphatic hydroxyl groups excluding tert-OH is 2.